The van der Waals surface area contributed by atoms with E-state index in [1.165, 1.54) is 31.4 Å². The summed E-state index contributed by atoms with van der Waals surface area (Å²) in [5, 5.41) is 4.67. The lowest BCUT2D eigenvalue weighted by Gasteiger charge is -2.10. The Kier molecular flexibility index (Phi) is 6.94. The number of nitrogens with one attached hydrogen (secondary N) is 2. The first-order chi connectivity index (χ1) is 14.8. The molecule has 0 heterocycles. The third kappa shape index (κ3) is 5.84. The van der Waals surface area contributed by atoms with Crippen LogP contribution in [0.1, 0.15) is 22.8 Å². The molecule has 0 spiro atoms. The molecule has 2 N–H and O–H groups in total. The van der Waals surface area contributed by atoms with E-state index in [1.54, 1.807) is 55.5 Å². The van der Waals surface area contributed by atoms with Crippen molar-refractivity contribution in [3.8, 4) is 5.75 Å². The zero-order valence-corrected chi connectivity index (χ0v) is 18.4. The van der Waals surface area contributed by atoms with E-state index in [-0.39, 0.29) is 10.5 Å². The maximum absolute atomic E-state index is 12.7. The average Bonchev–Trinajstić information content (AvgIpc) is 2.78. The number of benzene rings is 3. The molecule has 7 nitrogen and oxygen atoms in total. The van der Waals surface area contributed by atoms with Crippen LogP contribution in [0.5, 0.6) is 5.75 Å². The third-order valence-electron chi connectivity index (χ3n) is 4.34. The first-order valence-electron chi connectivity index (χ1n) is 9.16. The minimum atomic E-state index is -3.89. The number of sulfonamides is 1. The summed E-state index contributed by atoms with van der Waals surface area (Å²) in [6.07, 6.45) is 0. The third-order valence-corrected chi connectivity index (χ3v) is 5.97. The Balaban J connectivity index is 1.74. The van der Waals surface area contributed by atoms with Gasteiger partial charge in [0.15, 0.2) is 0 Å². The zero-order valence-electron chi connectivity index (χ0n) is 16.8. The summed E-state index contributed by atoms with van der Waals surface area (Å²) in [6.45, 7) is 1.74. The summed E-state index contributed by atoms with van der Waals surface area (Å²) in [5.74, 6) is 0.0749. The van der Waals surface area contributed by atoms with Gasteiger partial charge in [-0.1, -0.05) is 29.8 Å². The number of ether oxygens (including phenoxy) is 1. The molecule has 0 fully saturated rings. The van der Waals surface area contributed by atoms with Crippen molar-refractivity contribution in [1.29, 1.82) is 0 Å². The molecule has 9 heteroatoms. The zero-order chi connectivity index (χ0) is 22.4. The van der Waals surface area contributed by atoms with Gasteiger partial charge in [0.25, 0.3) is 15.9 Å². The van der Waals surface area contributed by atoms with E-state index in [0.717, 1.165) is 5.56 Å². The minimum Gasteiger partial charge on any atom is -0.497 e. The van der Waals surface area contributed by atoms with Gasteiger partial charge in [-0.05, 0) is 67.1 Å². The number of anilines is 1. The second-order valence-corrected chi connectivity index (χ2v) is 8.63. The summed E-state index contributed by atoms with van der Waals surface area (Å²) in [7, 11) is -2.36. The molecule has 0 unspecified atom stereocenters. The van der Waals surface area contributed by atoms with Gasteiger partial charge in [-0.2, -0.15) is 5.10 Å². The van der Waals surface area contributed by atoms with Crippen molar-refractivity contribution in [2.45, 2.75) is 11.8 Å². The van der Waals surface area contributed by atoms with Crippen LogP contribution >= 0.6 is 11.6 Å². The number of nitrogens with zero attached hydrogens (tertiary/aromatic N) is 1. The van der Waals surface area contributed by atoms with Crippen LogP contribution in [0.15, 0.2) is 82.8 Å². The predicted molar refractivity (Wildman–Crippen MR) is 121 cm³/mol. The van der Waals surface area contributed by atoms with Crippen LogP contribution in [0.2, 0.25) is 5.02 Å². The van der Waals surface area contributed by atoms with Gasteiger partial charge < -0.3 is 4.74 Å². The van der Waals surface area contributed by atoms with Crippen LogP contribution in [0, 0.1) is 0 Å². The number of hydrogen-bond acceptors (Lipinski definition) is 5. The van der Waals surface area contributed by atoms with E-state index in [9.17, 15) is 13.2 Å². The molecule has 0 aromatic heterocycles. The van der Waals surface area contributed by atoms with Crippen molar-refractivity contribution in [2.75, 3.05) is 11.8 Å². The molecule has 0 radical (unpaired) electrons. The predicted octanol–water partition coefficient (Wildman–Crippen LogP) is 4.30. The standard InChI is InChI=1S/C22H20ClN3O4S/c1-15(16-6-8-18(23)9-7-16)24-25-22(27)17-4-3-5-21(14-17)31(28,29)26-19-10-12-20(30-2)13-11-19/h3-14,26H,1-2H3,(H,25,27)/b24-15-. The van der Waals surface area contributed by atoms with Crippen molar-refractivity contribution in [3.05, 3.63) is 88.9 Å². The fourth-order valence-corrected chi connectivity index (χ4v) is 3.86. The van der Waals surface area contributed by atoms with Gasteiger partial charge >= 0.3 is 0 Å². The van der Waals surface area contributed by atoms with Gasteiger partial charge in [-0.3, -0.25) is 9.52 Å². The second kappa shape index (κ2) is 9.63. The summed E-state index contributed by atoms with van der Waals surface area (Å²) in [4.78, 5) is 12.4. The fourth-order valence-electron chi connectivity index (χ4n) is 2.63. The van der Waals surface area contributed by atoms with Gasteiger partial charge in [-0.25, -0.2) is 13.8 Å². The Labute approximate surface area is 185 Å². The van der Waals surface area contributed by atoms with Crippen LogP contribution in [0.4, 0.5) is 5.69 Å². The van der Waals surface area contributed by atoms with Crippen molar-refractivity contribution < 1.29 is 17.9 Å². The van der Waals surface area contributed by atoms with Crippen molar-refractivity contribution in [3.63, 3.8) is 0 Å². The molecule has 31 heavy (non-hydrogen) atoms. The van der Waals surface area contributed by atoms with Crippen LogP contribution in [-0.4, -0.2) is 27.1 Å². The number of halogens is 1. The van der Waals surface area contributed by atoms with Gasteiger partial charge in [0.2, 0.25) is 0 Å². The monoisotopic (exact) mass is 457 g/mol. The topological polar surface area (TPSA) is 96.9 Å². The minimum absolute atomic E-state index is 0.0469. The van der Waals surface area contributed by atoms with E-state index in [1.807, 2.05) is 0 Å². The molecule has 0 aliphatic carbocycles. The van der Waals surface area contributed by atoms with Crippen molar-refractivity contribution >= 4 is 38.9 Å². The first-order valence-corrected chi connectivity index (χ1v) is 11.0. The van der Waals surface area contributed by atoms with Gasteiger partial charge in [0.05, 0.1) is 17.7 Å². The molecule has 3 rings (SSSR count). The van der Waals surface area contributed by atoms with E-state index in [2.05, 4.69) is 15.2 Å². The molecule has 3 aromatic rings. The van der Waals surface area contributed by atoms with Crippen molar-refractivity contribution in [1.82, 2.24) is 5.43 Å². The van der Waals surface area contributed by atoms with Gasteiger partial charge in [-0.15, -0.1) is 0 Å². The summed E-state index contributed by atoms with van der Waals surface area (Å²) in [5.41, 5.74) is 4.35. The molecule has 0 aliphatic heterocycles. The molecule has 0 saturated heterocycles. The van der Waals surface area contributed by atoms with Crippen molar-refractivity contribution in [2.24, 2.45) is 5.10 Å². The molecule has 3 aromatic carbocycles. The molecule has 0 saturated carbocycles. The Hall–Kier alpha value is -3.36. The van der Waals surface area contributed by atoms with Gasteiger partial charge in [0.1, 0.15) is 5.75 Å². The Morgan fingerprint density at radius 1 is 0.968 bits per heavy atom. The lowest BCUT2D eigenvalue weighted by molar-refractivity contribution is 0.0954. The van der Waals surface area contributed by atoms with E-state index in [0.29, 0.717) is 22.2 Å². The largest absolute Gasteiger partial charge is 0.497 e. The van der Waals surface area contributed by atoms with E-state index >= 15 is 0 Å². The summed E-state index contributed by atoms with van der Waals surface area (Å²) in [6, 6.07) is 19.2. The van der Waals surface area contributed by atoms with E-state index < -0.39 is 15.9 Å². The smallest absolute Gasteiger partial charge is 0.271 e. The lowest BCUT2D eigenvalue weighted by Crippen LogP contribution is -2.20. The Bertz CT molecular complexity index is 1210. The first kappa shape index (κ1) is 22.3. The van der Waals surface area contributed by atoms with E-state index in [4.69, 9.17) is 16.3 Å². The molecular formula is C22H20ClN3O4S. The molecule has 0 aliphatic rings. The second-order valence-electron chi connectivity index (χ2n) is 6.51. The number of carbonyl (C=O) groups is 1. The maximum atomic E-state index is 12.7. The average molecular weight is 458 g/mol. The number of methoxy groups -OCH3 is 1. The highest BCUT2D eigenvalue weighted by molar-refractivity contribution is 7.92. The lowest BCUT2D eigenvalue weighted by atomic mass is 10.1. The van der Waals surface area contributed by atoms with Crippen LogP contribution < -0.4 is 14.9 Å². The molecule has 0 atom stereocenters. The van der Waals surface area contributed by atoms with Gasteiger partial charge in [0, 0.05) is 16.3 Å². The molecular weight excluding hydrogens is 438 g/mol. The summed E-state index contributed by atoms with van der Waals surface area (Å²) >= 11 is 5.87. The highest BCUT2D eigenvalue weighted by Gasteiger charge is 2.16. The quantitative estimate of drug-likeness (QED) is 0.408. The number of carbonyl (C=O) groups excluding carboxylic acids is 1. The molecule has 160 valence electrons. The van der Waals surface area contributed by atoms with Crippen LogP contribution in [-0.2, 0) is 10.0 Å². The summed E-state index contributed by atoms with van der Waals surface area (Å²) < 4.78 is 32.9. The highest BCUT2D eigenvalue weighted by atomic mass is 35.5. The number of hydrogen-bond donors (Lipinski definition) is 2. The number of hydrazone groups is 1. The van der Waals surface area contributed by atoms with Crippen LogP contribution in [0.3, 0.4) is 0 Å². The number of amides is 1. The highest BCUT2D eigenvalue weighted by Crippen LogP contribution is 2.20. The maximum Gasteiger partial charge on any atom is 0.271 e. The Morgan fingerprint density at radius 2 is 1.65 bits per heavy atom. The fraction of sp³-hybridized carbons (Fsp3) is 0.0909. The SMILES string of the molecule is COc1ccc(NS(=O)(=O)c2cccc(C(=O)N/N=C(/C)c3ccc(Cl)cc3)c2)cc1. The van der Waals surface area contributed by atoms with Crippen LogP contribution in [0.25, 0.3) is 0 Å². The number of rotatable bonds is 7. The Morgan fingerprint density at radius 3 is 2.29 bits per heavy atom. The normalized spacial score (nSPS) is 11.6. The molecule has 0 bridgehead atoms. The molecule has 1 amide bonds.